The van der Waals surface area contributed by atoms with E-state index in [1.165, 1.54) is 11.8 Å². The van der Waals surface area contributed by atoms with Crippen molar-refractivity contribution in [3.05, 3.63) is 58.3 Å². The lowest BCUT2D eigenvalue weighted by molar-refractivity contribution is -0.119. The lowest BCUT2D eigenvalue weighted by Crippen LogP contribution is -2.30. The summed E-state index contributed by atoms with van der Waals surface area (Å²) in [5, 5.41) is 13.8. The monoisotopic (exact) mass is 307 g/mol. The van der Waals surface area contributed by atoms with Gasteiger partial charge in [0, 0.05) is 10.6 Å². The van der Waals surface area contributed by atoms with Crippen molar-refractivity contribution >= 4 is 29.0 Å². The van der Waals surface area contributed by atoms with E-state index in [9.17, 15) is 4.79 Å². The van der Waals surface area contributed by atoms with Crippen molar-refractivity contribution in [3.8, 4) is 0 Å². The van der Waals surface area contributed by atoms with Crippen molar-refractivity contribution in [1.82, 2.24) is 5.32 Å². The number of carbonyl (C=O) groups excluding carboxylic acids is 1. The van der Waals surface area contributed by atoms with Gasteiger partial charge in [-0.1, -0.05) is 36.4 Å². The molecular formula is C15H17NO2S2. The fourth-order valence-electron chi connectivity index (χ4n) is 1.85. The maximum atomic E-state index is 12.0. The minimum absolute atomic E-state index is 0.00861. The second kappa shape index (κ2) is 8.09. The largest absolute Gasteiger partial charge is 0.396 e. The summed E-state index contributed by atoms with van der Waals surface area (Å²) in [7, 11) is 0. The second-order valence-electron chi connectivity index (χ2n) is 4.20. The van der Waals surface area contributed by atoms with Crippen molar-refractivity contribution in [2.24, 2.45) is 0 Å². The van der Waals surface area contributed by atoms with Crippen LogP contribution in [0.3, 0.4) is 0 Å². The van der Waals surface area contributed by atoms with Crippen LogP contribution in [0.1, 0.15) is 16.5 Å². The molecule has 1 aromatic carbocycles. The third kappa shape index (κ3) is 4.37. The minimum atomic E-state index is -0.0987. The molecule has 5 heteroatoms. The SMILES string of the molecule is O=C(CSCCO)N[C@H](c1ccccc1)c1cccs1. The van der Waals surface area contributed by atoms with Gasteiger partial charge in [-0.05, 0) is 17.0 Å². The molecule has 0 aliphatic carbocycles. The number of hydrogen-bond donors (Lipinski definition) is 2. The summed E-state index contributed by atoms with van der Waals surface area (Å²) in [6, 6.07) is 13.9. The number of carbonyl (C=O) groups is 1. The van der Waals surface area contributed by atoms with Gasteiger partial charge in [0.1, 0.15) is 0 Å². The van der Waals surface area contributed by atoms with Gasteiger partial charge in [0.15, 0.2) is 0 Å². The van der Waals surface area contributed by atoms with E-state index in [1.54, 1.807) is 11.3 Å². The second-order valence-corrected chi connectivity index (χ2v) is 6.29. The molecule has 1 amide bonds. The van der Waals surface area contributed by atoms with E-state index in [-0.39, 0.29) is 18.6 Å². The van der Waals surface area contributed by atoms with Crippen LogP contribution in [0.5, 0.6) is 0 Å². The lowest BCUT2D eigenvalue weighted by Gasteiger charge is -2.18. The third-order valence-electron chi connectivity index (χ3n) is 2.73. The van der Waals surface area contributed by atoms with Crippen LogP contribution in [0, 0.1) is 0 Å². The van der Waals surface area contributed by atoms with Crippen molar-refractivity contribution in [3.63, 3.8) is 0 Å². The van der Waals surface area contributed by atoms with Gasteiger partial charge in [-0.2, -0.15) is 0 Å². The van der Waals surface area contributed by atoms with Gasteiger partial charge < -0.3 is 10.4 Å². The average Bonchev–Trinajstić information content (AvgIpc) is 3.00. The number of thioether (sulfide) groups is 1. The molecule has 0 aliphatic rings. The van der Waals surface area contributed by atoms with Crippen LogP contribution in [0.15, 0.2) is 47.8 Å². The van der Waals surface area contributed by atoms with E-state index >= 15 is 0 Å². The van der Waals surface area contributed by atoms with Crippen LogP contribution in [0.2, 0.25) is 0 Å². The molecule has 0 bridgehead atoms. The van der Waals surface area contributed by atoms with Crippen molar-refractivity contribution < 1.29 is 9.90 Å². The van der Waals surface area contributed by atoms with Gasteiger partial charge in [-0.3, -0.25) is 4.79 Å². The number of amides is 1. The van der Waals surface area contributed by atoms with E-state index in [0.717, 1.165) is 10.4 Å². The van der Waals surface area contributed by atoms with E-state index in [0.29, 0.717) is 11.5 Å². The van der Waals surface area contributed by atoms with Crippen molar-refractivity contribution in [2.45, 2.75) is 6.04 Å². The summed E-state index contributed by atoms with van der Waals surface area (Å²) in [5.41, 5.74) is 1.08. The molecule has 1 heterocycles. The molecule has 2 aromatic rings. The number of aliphatic hydroxyl groups is 1. The third-order valence-corrected chi connectivity index (χ3v) is 4.61. The van der Waals surface area contributed by atoms with Gasteiger partial charge in [-0.15, -0.1) is 23.1 Å². The van der Waals surface area contributed by atoms with Gasteiger partial charge >= 0.3 is 0 Å². The molecule has 0 unspecified atom stereocenters. The smallest absolute Gasteiger partial charge is 0.230 e. The van der Waals surface area contributed by atoms with E-state index in [4.69, 9.17) is 5.11 Å². The van der Waals surface area contributed by atoms with Crippen LogP contribution in [-0.4, -0.2) is 29.1 Å². The van der Waals surface area contributed by atoms with Crippen molar-refractivity contribution in [1.29, 1.82) is 0 Å². The molecule has 0 radical (unpaired) electrons. The molecule has 20 heavy (non-hydrogen) atoms. The molecule has 3 nitrogen and oxygen atoms in total. The highest BCUT2D eigenvalue weighted by Gasteiger charge is 2.17. The Labute approximate surface area is 127 Å². The normalized spacial score (nSPS) is 12.1. The maximum Gasteiger partial charge on any atom is 0.230 e. The van der Waals surface area contributed by atoms with Gasteiger partial charge in [0.2, 0.25) is 5.91 Å². The highest BCUT2D eigenvalue weighted by molar-refractivity contribution is 7.99. The predicted octanol–water partition coefficient (Wildman–Crippen LogP) is 2.68. The van der Waals surface area contributed by atoms with Gasteiger partial charge in [0.25, 0.3) is 0 Å². The maximum absolute atomic E-state index is 12.0. The first kappa shape index (κ1) is 15.1. The quantitative estimate of drug-likeness (QED) is 0.773. The summed E-state index contributed by atoms with van der Waals surface area (Å²) < 4.78 is 0. The van der Waals surface area contributed by atoms with E-state index in [1.807, 2.05) is 47.8 Å². The number of benzene rings is 1. The number of rotatable bonds is 7. The standard InChI is InChI=1S/C15H17NO2S2/c17-8-10-19-11-14(18)16-15(13-7-4-9-20-13)12-5-2-1-3-6-12/h1-7,9,15,17H,8,10-11H2,(H,16,18)/t15-/m1/s1. The molecule has 1 atom stereocenters. The Kier molecular flexibility index (Phi) is 6.11. The van der Waals surface area contributed by atoms with E-state index < -0.39 is 0 Å². The summed E-state index contributed by atoms with van der Waals surface area (Å²) >= 11 is 3.07. The van der Waals surface area contributed by atoms with Gasteiger partial charge in [0.05, 0.1) is 18.4 Å². The van der Waals surface area contributed by atoms with Crippen LogP contribution in [0.4, 0.5) is 0 Å². The zero-order valence-corrected chi connectivity index (χ0v) is 12.6. The highest BCUT2D eigenvalue weighted by atomic mass is 32.2. The van der Waals surface area contributed by atoms with Crippen LogP contribution < -0.4 is 5.32 Å². The molecule has 0 fully saturated rings. The fourth-order valence-corrected chi connectivity index (χ4v) is 3.20. The summed E-state index contributed by atoms with van der Waals surface area (Å²) in [6.07, 6.45) is 0. The Morgan fingerprint density at radius 1 is 1.25 bits per heavy atom. The minimum Gasteiger partial charge on any atom is -0.396 e. The first-order chi connectivity index (χ1) is 9.81. The number of aliphatic hydroxyl groups excluding tert-OH is 1. The first-order valence-electron chi connectivity index (χ1n) is 6.37. The Balaban J connectivity index is 2.06. The summed E-state index contributed by atoms with van der Waals surface area (Å²) in [5.74, 6) is 0.947. The molecule has 0 saturated heterocycles. The Morgan fingerprint density at radius 3 is 2.70 bits per heavy atom. The Hall–Kier alpha value is -1.30. The molecule has 2 rings (SSSR count). The zero-order valence-electron chi connectivity index (χ0n) is 11.0. The first-order valence-corrected chi connectivity index (χ1v) is 8.41. The Bertz CT molecular complexity index is 514. The zero-order chi connectivity index (χ0) is 14.2. The summed E-state index contributed by atoms with van der Waals surface area (Å²) in [6.45, 7) is 0.102. The fraction of sp³-hybridized carbons (Fsp3) is 0.267. The number of hydrogen-bond acceptors (Lipinski definition) is 4. The van der Waals surface area contributed by atoms with Crippen LogP contribution in [0.25, 0.3) is 0 Å². The molecule has 1 aromatic heterocycles. The molecule has 2 N–H and O–H groups in total. The predicted molar refractivity (Wildman–Crippen MR) is 85.2 cm³/mol. The van der Waals surface area contributed by atoms with Crippen LogP contribution >= 0.6 is 23.1 Å². The Morgan fingerprint density at radius 2 is 2.05 bits per heavy atom. The molecular weight excluding hydrogens is 290 g/mol. The molecule has 106 valence electrons. The molecule has 0 aliphatic heterocycles. The highest BCUT2D eigenvalue weighted by Crippen LogP contribution is 2.25. The molecule has 0 saturated carbocycles. The summed E-state index contributed by atoms with van der Waals surface area (Å²) in [4.78, 5) is 13.1. The average molecular weight is 307 g/mol. The van der Waals surface area contributed by atoms with Crippen LogP contribution in [-0.2, 0) is 4.79 Å². The lowest BCUT2D eigenvalue weighted by atomic mass is 10.1. The van der Waals surface area contributed by atoms with Crippen molar-refractivity contribution in [2.75, 3.05) is 18.1 Å². The topological polar surface area (TPSA) is 49.3 Å². The number of thiophene rings is 1. The van der Waals surface area contributed by atoms with E-state index in [2.05, 4.69) is 5.32 Å². The molecule has 0 spiro atoms. The van der Waals surface area contributed by atoms with Gasteiger partial charge in [-0.25, -0.2) is 0 Å². The number of nitrogens with one attached hydrogen (secondary N) is 1.